The quantitative estimate of drug-likeness (QED) is 0.795. The van der Waals surface area contributed by atoms with E-state index < -0.39 is 6.10 Å². The summed E-state index contributed by atoms with van der Waals surface area (Å²) < 4.78 is 5.26. The molecule has 0 bridgehead atoms. The largest absolute Gasteiger partial charge is 0.496 e. The van der Waals surface area contributed by atoms with Crippen LogP contribution in [0.2, 0.25) is 0 Å². The SMILES string of the molecule is COc1ccc(C)cc1CSCC(O)CO. The van der Waals surface area contributed by atoms with Crippen molar-refractivity contribution in [1.82, 2.24) is 0 Å². The molecule has 0 aliphatic carbocycles. The van der Waals surface area contributed by atoms with Gasteiger partial charge in [0.15, 0.2) is 0 Å². The van der Waals surface area contributed by atoms with E-state index in [2.05, 4.69) is 6.07 Å². The Hall–Kier alpha value is -0.710. The fourth-order valence-corrected chi connectivity index (χ4v) is 2.32. The lowest BCUT2D eigenvalue weighted by molar-refractivity contribution is 0.113. The smallest absolute Gasteiger partial charge is 0.122 e. The molecule has 90 valence electrons. The normalized spacial score (nSPS) is 12.5. The van der Waals surface area contributed by atoms with Crippen molar-refractivity contribution >= 4 is 11.8 Å². The van der Waals surface area contributed by atoms with E-state index in [1.54, 1.807) is 18.9 Å². The van der Waals surface area contributed by atoms with E-state index >= 15 is 0 Å². The van der Waals surface area contributed by atoms with Crippen LogP contribution in [0.5, 0.6) is 5.75 Å². The molecule has 1 aromatic rings. The van der Waals surface area contributed by atoms with E-state index in [9.17, 15) is 5.11 Å². The van der Waals surface area contributed by atoms with Gasteiger partial charge in [0.2, 0.25) is 0 Å². The number of aliphatic hydroxyl groups is 2. The second kappa shape index (κ2) is 6.78. The number of benzene rings is 1. The van der Waals surface area contributed by atoms with E-state index in [1.807, 2.05) is 19.1 Å². The van der Waals surface area contributed by atoms with Crippen molar-refractivity contribution in [2.24, 2.45) is 0 Å². The molecule has 0 aliphatic rings. The minimum absolute atomic E-state index is 0.183. The van der Waals surface area contributed by atoms with Gasteiger partial charge in [0.25, 0.3) is 0 Å². The molecule has 1 atom stereocenters. The monoisotopic (exact) mass is 242 g/mol. The van der Waals surface area contributed by atoms with Crippen LogP contribution in [0.25, 0.3) is 0 Å². The van der Waals surface area contributed by atoms with Crippen molar-refractivity contribution in [1.29, 1.82) is 0 Å². The third-order valence-electron chi connectivity index (χ3n) is 2.21. The Balaban J connectivity index is 2.55. The molecule has 2 N–H and O–H groups in total. The third-order valence-corrected chi connectivity index (χ3v) is 3.35. The van der Waals surface area contributed by atoms with Gasteiger partial charge < -0.3 is 14.9 Å². The van der Waals surface area contributed by atoms with E-state index in [0.717, 1.165) is 17.1 Å². The Morgan fingerprint density at radius 2 is 2.19 bits per heavy atom. The highest BCUT2D eigenvalue weighted by Crippen LogP contribution is 2.24. The molecule has 0 radical (unpaired) electrons. The predicted molar refractivity (Wildman–Crippen MR) is 67.0 cm³/mol. The number of methoxy groups -OCH3 is 1. The summed E-state index contributed by atoms with van der Waals surface area (Å²) in [5.41, 5.74) is 2.32. The van der Waals surface area contributed by atoms with Crippen LogP contribution < -0.4 is 4.74 Å². The van der Waals surface area contributed by atoms with Crippen LogP contribution in [0.3, 0.4) is 0 Å². The van der Waals surface area contributed by atoms with Gasteiger partial charge in [-0.1, -0.05) is 17.7 Å². The van der Waals surface area contributed by atoms with Crippen molar-refractivity contribution in [3.63, 3.8) is 0 Å². The molecule has 16 heavy (non-hydrogen) atoms. The lowest BCUT2D eigenvalue weighted by Crippen LogP contribution is -2.14. The summed E-state index contributed by atoms with van der Waals surface area (Å²) in [6, 6.07) is 6.04. The summed E-state index contributed by atoms with van der Waals surface area (Å²) >= 11 is 1.59. The van der Waals surface area contributed by atoms with Gasteiger partial charge in [0.05, 0.1) is 19.8 Å². The molecule has 0 fully saturated rings. The fourth-order valence-electron chi connectivity index (χ4n) is 1.38. The van der Waals surface area contributed by atoms with Crippen molar-refractivity contribution in [2.75, 3.05) is 19.5 Å². The number of aryl methyl sites for hydroxylation is 1. The zero-order valence-corrected chi connectivity index (χ0v) is 10.5. The summed E-state index contributed by atoms with van der Waals surface area (Å²) in [4.78, 5) is 0. The fraction of sp³-hybridized carbons (Fsp3) is 0.500. The first-order valence-corrected chi connectivity index (χ1v) is 6.33. The molecule has 0 heterocycles. The lowest BCUT2D eigenvalue weighted by atomic mass is 10.1. The maximum atomic E-state index is 9.21. The molecular weight excluding hydrogens is 224 g/mol. The van der Waals surface area contributed by atoms with Crippen LogP contribution in [0.4, 0.5) is 0 Å². The minimum atomic E-state index is -0.638. The van der Waals surface area contributed by atoms with Crippen molar-refractivity contribution in [2.45, 2.75) is 18.8 Å². The molecule has 4 heteroatoms. The average Bonchev–Trinajstić information content (AvgIpc) is 2.29. The van der Waals surface area contributed by atoms with E-state index in [1.165, 1.54) is 5.56 Å². The van der Waals surface area contributed by atoms with Gasteiger partial charge in [0, 0.05) is 17.1 Å². The van der Waals surface area contributed by atoms with Gasteiger partial charge >= 0.3 is 0 Å². The molecule has 0 aromatic heterocycles. The summed E-state index contributed by atoms with van der Waals surface area (Å²) in [6.45, 7) is 1.86. The van der Waals surface area contributed by atoms with Crippen LogP contribution in [0, 0.1) is 6.92 Å². The van der Waals surface area contributed by atoms with Gasteiger partial charge in [-0.05, 0) is 13.0 Å². The lowest BCUT2D eigenvalue weighted by Gasteiger charge is -2.10. The zero-order valence-electron chi connectivity index (χ0n) is 9.64. The molecule has 0 saturated heterocycles. The molecule has 3 nitrogen and oxygen atoms in total. The molecule has 1 unspecified atom stereocenters. The number of hydrogen-bond acceptors (Lipinski definition) is 4. The van der Waals surface area contributed by atoms with E-state index in [-0.39, 0.29) is 6.61 Å². The van der Waals surface area contributed by atoms with Crippen LogP contribution in [-0.2, 0) is 5.75 Å². The third kappa shape index (κ3) is 4.04. The van der Waals surface area contributed by atoms with Crippen LogP contribution in [0.1, 0.15) is 11.1 Å². The number of aliphatic hydroxyl groups excluding tert-OH is 2. The Morgan fingerprint density at radius 3 is 2.81 bits per heavy atom. The number of hydrogen-bond donors (Lipinski definition) is 2. The van der Waals surface area contributed by atoms with Crippen LogP contribution in [0.15, 0.2) is 18.2 Å². The van der Waals surface area contributed by atoms with Crippen molar-refractivity contribution in [3.8, 4) is 5.75 Å². The highest BCUT2D eigenvalue weighted by atomic mass is 32.2. The van der Waals surface area contributed by atoms with Gasteiger partial charge in [-0.2, -0.15) is 11.8 Å². The Labute approximate surface area is 100 Å². The van der Waals surface area contributed by atoms with Gasteiger partial charge in [-0.25, -0.2) is 0 Å². The number of thioether (sulfide) groups is 1. The Kier molecular flexibility index (Phi) is 5.66. The first-order valence-electron chi connectivity index (χ1n) is 5.17. The van der Waals surface area contributed by atoms with E-state index in [4.69, 9.17) is 9.84 Å². The highest BCUT2D eigenvalue weighted by Gasteiger charge is 2.06. The van der Waals surface area contributed by atoms with Gasteiger partial charge in [-0.3, -0.25) is 0 Å². The minimum Gasteiger partial charge on any atom is -0.496 e. The standard InChI is InChI=1S/C12H18O3S/c1-9-3-4-12(15-2)10(5-9)7-16-8-11(14)6-13/h3-5,11,13-14H,6-8H2,1-2H3. The predicted octanol–water partition coefficient (Wildman–Crippen LogP) is 1.59. The van der Waals surface area contributed by atoms with Crippen LogP contribution in [-0.4, -0.2) is 35.8 Å². The summed E-state index contributed by atoms with van der Waals surface area (Å²) in [6.07, 6.45) is -0.638. The maximum absolute atomic E-state index is 9.21. The topological polar surface area (TPSA) is 49.7 Å². The van der Waals surface area contributed by atoms with E-state index in [0.29, 0.717) is 5.75 Å². The van der Waals surface area contributed by atoms with Gasteiger partial charge in [-0.15, -0.1) is 0 Å². The second-order valence-electron chi connectivity index (χ2n) is 3.67. The van der Waals surface area contributed by atoms with Crippen molar-refractivity contribution in [3.05, 3.63) is 29.3 Å². The molecule has 0 spiro atoms. The highest BCUT2D eigenvalue weighted by molar-refractivity contribution is 7.98. The maximum Gasteiger partial charge on any atom is 0.122 e. The molecular formula is C12H18O3S. The average molecular weight is 242 g/mol. The molecule has 1 rings (SSSR count). The summed E-state index contributed by atoms with van der Waals surface area (Å²) in [7, 11) is 1.65. The Bertz CT molecular complexity index is 328. The van der Waals surface area contributed by atoms with Gasteiger partial charge in [0.1, 0.15) is 5.75 Å². The first-order chi connectivity index (χ1) is 7.67. The molecule has 0 amide bonds. The molecule has 1 aromatic carbocycles. The second-order valence-corrected chi connectivity index (χ2v) is 4.70. The molecule has 0 saturated carbocycles. The van der Waals surface area contributed by atoms with Crippen molar-refractivity contribution < 1.29 is 14.9 Å². The van der Waals surface area contributed by atoms with Crippen LogP contribution >= 0.6 is 11.8 Å². The molecule has 0 aliphatic heterocycles. The summed E-state index contributed by atoms with van der Waals surface area (Å²) in [5, 5.41) is 17.9. The number of ether oxygens (including phenoxy) is 1. The first kappa shape index (κ1) is 13.4. The Morgan fingerprint density at radius 1 is 1.44 bits per heavy atom. The number of rotatable bonds is 6. The summed E-state index contributed by atoms with van der Waals surface area (Å²) in [5.74, 6) is 2.19. The zero-order chi connectivity index (χ0) is 12.0.